The third-order valence-electron chi connectivity index (χ3n) is 4.71. The van der Waals surface area contributed by atoms with E-state index in [2.05, 4.69) is 4.74 Å². The number of alkyl halides is 3. The Hall–Kier alpha value is -3.43. The number of benzene rings is 2. The van der Waals surface area contributed by atoms with Crippen LogP contribution in [0.1, 0.15) is 17.3 Å². The number of ether oxygens (including phenoxy) is 2. The van der Waals surface area contributed by atoms with Crippen LogP contribution in [0.15, 0.2) is 42.5 Å². The molecule has 0 aromatic heterocycles. The zero-order chi connectivity index (χ0) is 21.0. The van der Waals surface area contributed by atoms with E-state index in [9.17, 15) is 22.8 Å². The Bertz CT molecular complexity index is 1010. The van der Waals surface area contributed by atoms with Crippen LogP contribution >= 0.6 is 0 Å². The lowest BCUT2D eigenvalue weighted by Crippen LogP contribution is -2.53. The number of anilines is 2. The second-order valence-corrected chi connectivity index (χ2v) is 6.71. The first-order valence-corrected chi connectivity index (χ1v) is 8.60. The maximum absolute atomic E-state index is 13.9. The Balaban J connectivity index is 1.60. The Labute approximate surface area is 162 Å². The molecule has 1 atom stereocenters. The molecule has 1 unspecified atom stereocenters. The molecule has 1 saturated heterocycles. The molecule has 7 nitrogen and oxygen atoms in total. The van der Waals surface area contributed by atoms with Gasteiger partial charge in [-0.1, -0.05) is 6.07 Å². The summed E-state index contributed by atoms with van der Waals surface area (Å²) in [6.45, 7) is 1.05. The van der Waals surface area contributed by atoms with E-state index in [1.54, 1.807) is 6.07 Å². The average molecular weight is 408 g/mol. The highest BCUT2D eigenvalue weighted by Gasteiger charge is 2.60. The molecular formula is C19H15F3N2O5. The zero-order valence-corrected chi connectivity index (χ0v) is 15.1. The number of halogens is 3. The van der Waals surface area contributed by atoms with Crippen molar-refractivity contribution in [3.05, 3.63) is 48.0 Å². The standard InChI is InChI=1S/C19H15F3N2O5/c1-18(20)19(21,22)29-15-10-13(5-6-14(15)28-18)24-8-7-23(17(24)27)12-4-2-3-11(9-12)16(25)26/h2-6,9-10H,7-8H2,1H3,(H,25,26). The van der Waals surface area contributed by atoms with Gasteiger partial charge in [-0.05, 0) is 30.3 Å². The first-order valence-electron chi connectivity index (χ1n) is 8.60. The van der Waals surface area contributed by atoms with Gasteiger partial charge in [0, 0.05) is 37.5 Å². The highest BCUT2D eigenvalue weighted by molar-refractivity contribution is 6.06. The van der Waals surface area contributed by atoms with Crippen molar-refractivity contribution in [3.8, 4) is 11.5 Å². The van der Waals surface area contributed by atoms with Crippen LogP contribution in [0.3, 0.4) is 0 Å². The van der Waals surface area contributed by atoms with Crippen LogP contribution in [0.5, 0.6) is 11.5 Å². The third kappa shape index (κ3) is 3.10. The molecule has 2 amide bonds. The monoisotopic (exact) mass is 408 g/mol. The topological polar surface area (TPSA) is 79.3 Å². The van der Waals surface area contributed by atoms with E-state index in [1.165, 1.54) is 46.2 Å². The number of amides is 2. The molecule has 1 N–H and O–H groups in total. The number of hydrogen-bond acceptors (Lipinski definition) is 4. The first kappa shape index (κ1) is 18.9. The second-order valence-electron chi connectivity index (χ2n) is 6.71. The van der Waals surface area contributed by atoms with Gasteiger partial charge in [0.2, 0.25) is 0 Å². The van der Waals surface area contributed by atoms with Crippen molar-refractivity contribution >= 4 is 23.4 Å². The van der Waals surface area contributed by atoms with E-state index in [0.717, 1.165) is 0 Å². The summed E-state index contributed by atoms with van der Waals surface area (Å²) in [5.41, 5.74) is 0.687. The van der Waals surface area contributed by atoms with Crippen molar-refractivity contribution in [2.24, 2.45) is 0 Å². The van der Waals surface area contributed by atoms with Crippen molar-refractivity contribution in [2.75, 3.05) is 22.9 Å². The van der Waals surface area contributed by atoms with Gasteiger partial charge in [0.05, 0.1) is 5.56 Å². The summed E-state index contributed by atoms with van der Waals surface area (Å²) in [4.78, 5) is 26.6. The highest BCUT2D eigenvalue weighted by atomic mass is 19.3. The van der Waals surface area contributed by atoms with Crippen LogP contribution in [0.25, 0.3) is 0 Å². The van der Waals surface area contributed by atoms with Crippen LogP contribution in [0.2, 0.25) is 0 Å². The van der Waals surface area contributed by atoms with Gasteiger partial charge in [-0.3, -0.25) is 9.80 Å². The molecule has 1 fully saturated rings. The minimum atomic E-state index is -4.20. The summed E-state index contributed by atoms with van der Waals surface area (Å²) >= 11 is 0. The number of carbonyl (C=O) groups excluding carboxylic acids is 1. The lowest BCUT2D eigenvalue weighted by atomic mass is 10.2. The van der Waals surface area contributed by atoms with Gasteiger partial charge in [0.25, 0.3) is 0 Å². The van der Waals surface area contributed by atoms with E-state index in [0.29, 0.717) is 12.6 Å². The number of carbonyl (C=O) groups is 2. The van der Waals surface area contributed by atoms with Crippen molar-refractivity contribution in [1.82, 2.24) is 0 Å². The van der Waals surface area contributed by atoms with Crippen molar-refractivity contribution < 1.29 is 37.3 Å². The van der Waals surface area contributed by atoms with Gasteiger partial charge in [0.1, 0.15) is 0 Å². The third-order valence-corrected chi connectivity index (χ3v) is 4.71. The average Bonchev–Trinajstić information content (AvgIpc) is 3.03. The fourth-order valence-electron chi connectivity index (χ4n) is 3.15. The lowest BCUT2D eigenvalue weighted by molar-refractivity contribution is -0.332. The lowest BCUT2D eigenvalue weighted by Gasteiger charge is -2.35. The molecule has 2 aliphatic heterocycles. The van der Waals surface area contributed by atoms with Crippen molar-refractivity contribution in [1.29, 1.82) is 0 Å². The SMILES string of the molecule is CC1(F)Oc2ccc(N3CCN(c4cccc(C(=O)O)c4)C3=O)cc2OC1(F)F. The molecule has 0 spiro atoms. The quantitative estimate of drug-likeness (QED) is 0.834. The Morgan fingerprint density at radius 3 is 2.31 bits per heavy atom. The molecule has 0 bridgehead atoms. The summed E-state index contributed by atoms with van der Waals surface area (Å²) in [5, 5.41) is 9.11. The van der Waals surface area contributed by atoms with E-state index >= 15 is 0 Å². The number of fused-ring (bicyclic) bond motifs is 1. The van der Waals surface area contributed by atoms with Crippen LogP contribution in [0.4, 0.5) is 29.3 Å². The maximum Gasteiger partial charge on any atom is 0.471 e. The van der Waals surface area contributed by atoms with Gasteiger partial charge in [0.15, 0.2) is 11.5 Å². The zero-order valence-electron chi connectivity index (χ0n) is 15.1. The number of carboxylic acid groups (broad SMARTS) is 1. The van der Waals surface area contributed by atoms with Crippen LogP contribution in [-0.2, 0) is 0 Å². The van der Waals surface area contributed by atoms with Crippen molar-refractivity contribution in [3.63, 3.8) is 0 Å². The van der Waals surface area contributed by atoms with Gasteiger partial charge >= 0.3 is 24.0 Å². The number of hydrogen-bond donors (Lipinski definition) is 1. The molecule has 2 aliphatic rings. The predicted molar refractivity (Wildman–Crippen MR) is 95.6 cm³/mol. The summed E-state index contributed by atoms with van der Waals surface area (Å²) in [6, 6.07) is 9.28. The normalized spacial score (nSPS) is 22.7. The molecule has 0 radical (unpaired) electrons. The second kappa shape index (κ2) is 6.29. The molecule has 4 rings (SSSR count). The Kier molecular flexibility index (Phi) is 4.10. The predicted octanol–water partition coefficient (Wildman–Crippen LogP) is 3.88. The Morgan fingerprint density at radius 2 is 1.66 bits per heavy atom. The molecule has 10 heteroatoms. The number of carboxylic acids is 1. The van der Waals surface area contributed by atoms with Gasteiger partial charge in [-0.15, -0.1) is 0 Å². The molecule has 0 saturated carbocycles. The van der Waals surface area contributed by atoms with Crippen molar-refractivity contribution in [2.45, 2.75) is 18.9 Å². The minimum absolute atomic E-state index is 0.0320. The van der Waals surface area contributed by atoms with Crippen LogP contribution in [0, 0.1) is 0 Å². The number of rotatable bonds is 3. The summed E-state index contributed by atoms with van der Waals surface area (Å²) < 4.78 is 50.6. The summed E-state index contributed by atoms with van der Waals surface area (Å²) in [5.74, 6) is -5.04. The Morgan fingerprint density at radius 1 is 1.00 bits per heavy atom. The molecule has 152 valence electrons. The molecule has 0 aliphatic carbocycles. The van der Waals surface area contributed by atoms with Gasteiger partial charge in [-0.25, -0.2) is 9.59 Å². The molecule has 2 aromatic carbocycles. The first-order chi connectivity index (χ1) is 13.6. The molecular weight excluding hydrogens is 393 g/mol. The van der Waals surface area contributed by atoms with Crippen LogP contribution in [-0.4, -0.2) is 42.2 Å². The smallest absolute Gasteiger partial charge is 0.471 e. The van der Waals surface area contributed by atoms with Crippen LogP contribution < -0.4 is 19.3 Å². The molecule has 2 heterocycles. The van der Waals surface area contributed by atoms with Gasteiger partial charge in [-0.2, -0.15) is 13.2 Å². The fraction of sp³-hybridized carbons (Fsp3) is 0.263. The maximum atomic E-state index is 13.9. The summed E-state index contributed by atoms with van der Waals surface area (Å²) in [6.07, 6.45) is -4.20. The number of urea groups is 1. The van der Waals surface area contributed by atoms with E-state index in [1.807, 2.05) is 0 Å². The number of aromatic carboxylic acids is 1. The molecule has 29 heavy (non-hydrogen) atoms. The van der Waals surface area contributed by atoms with E-state index in [-0.39, 0.29) is 35.8 Å². The fourth-order valence-corrected chi connectivity index (χ4v) is 3.15. The van der Waals surface area contributed by atoms with E-state index < -0.39 is 24.0 Å². The largest absolute Gasteiger partial charge is 0.478 e. The minimum Gasteiger partial charge on any atom is -0.478 e. The molecule has 2 aromatic rings. The van der Waals surface area contributed by atoms with Gasteiger partial charge < -0.3 is 14.6 Å². The number of nitrogens with zero attached hydrogens (tertiary/aromatic N) is 2. The summed E-state index contributed by atoms with van der Waals surface area (Å²) in [7, 11) is 0. The highest BCUT2D eigenvalue weighted by Crippen LogP contribution is 2.47. The van der Waals surface area contributed by atoms with E-state index in [4.69, 9.17) is 9.84 Å².